The van der Waals surface area contributed by atoms with Crippen LogP contribution in [0.4, 0.5) is 34.1 Å². The molecule has 340 valence electrons. The van der Waals surface area contributed by atoms with Gasteiger partial charge < -0.3 is 18.9 Å². The van der Waals surface area contributed by atoms with E-state index < -0.39 is 0 Å². The van der Waals surface area contributed by atoms with Crippen molar-refractivity contribution in [2.45, 2.75) is 0 Å². The molecule has 0 spiro atoms. The second-order valence-electron chi connectivity index (χ2n) is 18.3. The lowest BCUT2D eigenvalue weighted by Crippen LogP contribution is -2.09. The number of hydrogen-bond acceptors (Lipinski definition) is 5. The van der Waals surface area contributed by atoms with Crippen LogP contribution in [0.2, 0.25) is 0 Å². The van der Waals surface area contributed by atoms with E-state index in [1.807, 2.05) is 36.4 Å². The van der Waals surface area contributed by atoms with Crippen LogP contribution >= 0.6 is 11.3 Å². The Balaban J connectivity index is 1.02. The van der Waals surface area contributed by atoms with Crippen LogP contribution in [0.5, 0.6) is 0 Å². The second-order valence-corrected chi connectivity index (χ2v) is 19.4. The van der Waals surface area contributed by atoms with Gasteiger partial charge >= 0.3 is 0 Å². The van der Waals surface area contributed by atoms with E-state index in [1.54, 1.807) is 11.3 Å². The molecule has 6 nitrogen and oxygen atoms in total. The maximum atomic E-state index is 11.4. The molecule has 0 N–H and O–H groups in total. The second kappa shape index (κ2) is 16.9. The van der Waals surface area contributed by atoms with Crippen LogP contribution in [0.15, 0.2) is 243 Å². The van der Waals surface area contributed by atoms with Gasteiger partial charge in [0.05, 0.1) is 44.6 Å². The van der Waals surface area contributed by atoms with Gasteiger partial charge in [0.15, 0.2) is 0 Å². The predicted octanol–water partition coefficient (Wildman–Crippen LogP) is 18.1. The number of thiophene rings is 1. The molecule has 0 fully saturated rings. The minimum absolute atomic E-state index is 0.453. The molecule has 0 bridgehead atoms. The van der Waals surface area contributed by atoms with Crippen LogP contribution in [-0.4, -0.2) is 9.13 Å². The van der Waals surface area contributed by atoms with Crippen molar-refractivity contribution in [1.82, 2.24) is 9.13 Å². The molecule has 3 heterocycles. The van der Waals surface area contributed by atoms with Crippen molar-refractivity contribution in [3.05, 3.63) is 254 Å². The fourth-order valence-electron chi connectivity index (χ4n) is 11.1. The van der Waals surface area contributed by atoms with E-state index in [0.717, 1.165) is 93.2 Å². The first-order chi connectivity index (χ1) is 36.1. The minimum Gasteiger partial charge on any atom is -0.310 e. The fourth-order valence-corrected chi connectivity index (χ4v) is 12.3. The molecule has 73 heavy (non-hydrogen) atoms. The van der Waals surface area contributed by atoms with Gasteiger partial charge in [0.1, 0.15) is 12.1 Å². The summed E-state index contributed by atoms with van der Waals surface area (Å²) in [7, 11) is 0. The zero-order valence-electron chi connectivity index (χ0n) is 39.2. The maximum Gasteiger partial charge on any atom is 0.101 e. The SMILES string of the molecule is N#Cc1cc(-n2c3ccc(N(c4ccccc4)c4ccccc4)cc3c3c4ccccc4ccc32)c(C#N)cc1-n1c2ccc(N(c3ccccc3)c3ccccc3)cc2c2cc3c(cc21)sc1ccccc13. The number of aromatic nitrogens is 2. The Kier molecular flexibility index (Phi) is 9.72. The van der Waals surface area contributed by atoms with Crippen molar-refractivity contribution in [2.75, 3.05) is 9.80 Å². The summed E-state index contributed by atoms with van der Waals surface area (Å²) < 4.78 is 6.75. The quantitative estimate of drug-likeness (QED) is 0.152. The first-order valence-corrected chi connectivity index (χ1v) is 25.1. The van der Waals surface area contributed by atoms with E-state index >= 15 is 0 Å². The van der Waals surface area contributed by atoms with Crippen molar-refractivity contribution >= 4 is 120 Å². The van der Waals surface area contributed by atoms with Crippen molar-refractivity contribution in [3.8, 4) is 23.5 Å². The van der Waals surface area contributed by atoms with Gasteiger partial charge in [-0.25, -0.2) is 0 Å². The van der Waals surface area contributed by atoms with Gasteiger partial charge in [-0.2, -0.15) is 10.5 Å². The smallest absolute Gasteiger partial charge is 0.101 e. The summed E-state index contributed by atoms with van der Waals surface area (Å²) in [5.74, 6) is 0. The molecule has 0 unspecified atom stereocenters. The maximum absolute atomic E-state index is 11.4. The van der Waals surface area contributed by atoms with Gasteiger partial charge in [-0.3, -0.25) is 0 Å². The zero-order chi connectivity index (χ0) is 48.6. The Labute approximate surface area is 424 Å². The van der Waals surface area contributed by atoms with E-state index in [-0.39, 0.29) is 0 Å². The van der Waals surface area contributed by atoms with Gasteiger partial charge in [-0.15, -0.1) is 11.3 Å². The standard InChI is InChI=1S/C66H40N6S/c67-41-44-36-62(72-58-33-30-50(69(46-18-5-1-6-19-46)47-20-7-2-8-21-47)37-54(58)55-39-56-53-27-15-16-28-64(53)73-65(56)40-63(55)72)45(42-68)35-61(44)71-59-34-31-51(70(48-22-9-3-10-23-48)49-24-11-4-12-25-49)38-57(59)66-52-26-14-13-17-43(52)29-32-60(66)71/h1-40H. The van der Waals surface area contributed by atoms with Crippen LogP contribution in [0, 0.1) is 22.7 Å². The van der Waals surface area contributed by atoms with Crippen LogP contribution in [-0.2, 0) is 0 Å². The Hall–Kier alpha value is -9.92. The number of anilines is 6. The Morgan fingerprint density at radius 1 is 0.315 bits per heavy atom. The van der Waals surface area contributed by atoms with Crippen LogP contribution < -0.4 is 9.80 Å². The van der Waals surface area contributed by atoms with Gasteiger partial charge in [0.25, 0.3) is 0 Å². The number of nitrogens with zero attached hydrogens (tertiary/aromatic N) is 6. The average molecular weight is 949 g/mol. The highest BCUT2D eigenvalue weighted by Gasteiger charge is 2.25. The molecule has 14 aromatic rings. The van der Waals surface area contributed by atoms with Crippen molar-refractivity contribution < 1.29 is 0 Å². The van der Waals surface area contributed by atoms with Crippen LogP contribution in [0.1, 0.15) is 11.1 Å². The number of benzene rings is 11. The topological polar surface area (TPSA) is 63.9 Å². The van der Waals surface area contributed by atoms with Crippen molar-refractivity contribution in [3.63, 3.8) is 0 Å². The molecule has 0 saturated carbocycles. The van der Waals surface area contributed by atoms with E-state index in [4.69, 9.17) is 0 Å². The minimum atomic E-state index is 0.453. The molecule has 0 aliphatic carbocycles. The first-order valence-electron chi connectivity index (χ1n) is 24.3. The third kappa shape index (κ3) is 6.69. The molecule has 0 saturated heterocycles. The molecule has 3 aromatic heterocycles. The Morgan fingerprint density at radius 2 is 0.767 bits per heavy atom. The lowest BCUT2D eigenvalue weighted by Gasteiger charge is -2.25. The van der Waals surface area contributed by atoms with E-state index in [0.29, 0.717) is 22.5 Å². The lowest BCUT2D eigenvalue weighted by molar-refractivity contribution is 1.12. The summed E-state index contributed by atoms with van der Waals surface area (Å²) in [4.78, 5) is 4.56. The van der Waals surface area contributed by atoms with Crippen molar-refractivity contribution in [2.24, 2.45) is 0 Å². The normalized spacial score (nSPS) is 11.5. The lowest BCUT2D eigenvalue weighted by atomic mass is 10.0. The monoisotopic (exact) mass is 948 g/mol. The molecule has 0 radical (unpaired) electrons. The van der Waals surface area contributed by atoms with E-state index in [2.05, 4.69) is 237 Å². The third-order valence-corrected chi connectivity index (χ3v) is 15.4. The van der Waals surface area contributed by atoms with Crippen LogP contribution in [0.3, 0.4) is 0 Å². The molecule has 11 aromatic carbocycles. The van der Waals surface area contributed by atoms with E-state index in [9.17, 15) is 10.5 Å². The fraction of sp³-hybridized carbons (Fsp3) is 0. The summed E-state index contributed by atoms with van der Waals surface area (Å²) in [6.45, 7) is 0. The molecule has 14 rings (SSSR count). The Bertz CT molecular complexity index is 4500. The Morgan fingerprint density at radius 3 is 1.33 bits per heavy atom. The van der Waals surface area contributed by atoms with Gasteiger partial charge in [0, 0.05) is 75.8 Å². The molecular formula is C66H40N6S. The highest BCUT2D eigenvalue weighted by atomic mass is 32.1. The molecule has 0 aliphatic heterocycles. The molecule has 0 amide bonds. The number of para-hydroxylation sites is 4. The number of rotatable bonds is 8. The van der Waals surface area contributed by atoms with Crippen LogP contribution in [0.25, 0.3) is 85.9 Å². The molecule has 0 atom stereocenters. The summed E-state index contributed by atoms with van der Waals surface area (Å²) in [5.41, 5.74) is 12.2. The number of nitriles is 2. The highest BCUT2D eigenvalue weighted by molar-refractivity contribution is 7.25. The van der Waals surface area contributed by atoms with Crippen molar-refractivity contribution in [1.29, 1.82) is 10.5 Å². The zero-order valence-corrected chi connectivity index (χ0v) is 40.0. The first kappa shape index (κ1) is 42.0. The summed E-state index contributed by atoms with van der Waals surface area (Å²) in [6, 6.07) is 90.0. The largest absolute Gasteiger partial charge is 0.310 e. The van der Waals surface area contributed by atoms with Gasteiger partial charge in [-0.1, -0.05) is 121 Å². The molecule has 0 aliphatic rings. The average Bonchev–Trinajstić information content (AvgIpc) is 4.10. The molecule has 7 heteroatoms. The summed E-state index contributed by atoms with van der Waals surface area (Å²) in [6.07, 6.45) is 0. The molecular weight excluding hydrogens is 909 g/mol. The van der Waals surface area contributed by atoms with Gasteiger partial charge in [-0.05, 0) is 132 Å². The predicted molar refractivity (Wildman–Crippen MR) is 304 cm³/mol. The van der Waals surface area contributed by atoms with E-state index in [1.165, 1.54) is 15.5 Å². The third-order valence-electron chi connectivity index (χ3n) is 14.3. The van der Waals surface area contributed by atoms with Gasteiger partial charge in [0.2, 0.25) is 0 Å². The number of fused-ring (bicyclic) bond motifs is 11. The summed E-state index contributed by atoms with van der Waals surface area (Å²) in [5, 5.41) is 31.6. The highest BCUT2D eigenvalue weighted by Crippen LogP contribution is 2.46. The number of hydrogen-bond donors (Lipinski definition) is 0. The summed E-state index contributed by atoms with van der Waals surface area (Å²) >= 11 is 1.77.